The van der Waals surface area contributed by atoms with Crippen LogP contribution < -0.4 is 10.9 Å². The molecule has 0 unspecified atom stereocenters. The molecule has 0 saturated heterocycles. The zero-order chi connectivity index (χ0) is 18.9. The van der Waals surface area contributed by atoms with Gasteiger partial charge in [-0.15, -0.1) is 0 Å². The molecule has 0 bridgehead atoms. The van der Waals surface area contributed by atoms with Gasteiger partial charge in [0.05, 0.1) is 28.2 Å². The van der Waals surface area contributed by atoms with E-state index in [-0.39, 0.29) is 32.7 Å². The van der Waals surface area contributed by atoms with E-state index in [0.29, 0.717) is 0 Å². The fourth-order valence-electron chi connectivity index (χ4n) is 2.01. The van der Waals surface area contributed by atoms with Crippen molar-refractivity contribution in [2.24, 2.45) is 0 Å². The number of aromatic amines is 2. The number of thioether (sulfide) groups is 1. The lowest BCUT2D eigenvalue weighted by molar-refractivity contribution is -0.137. The number of anilines is 1. The molecule has 0 spiro atoms. The van der Waals surface area contributed by atoms with E-state index >= 15 is 0 Å². The molecule has 0 aliphatic carbocycles. The molecule has 3 rings (SSSR count). The van der Waals surface area contributed by atoms with Gasteiger partial charge < -0.3 is 10.3 Å². The molecule has 3 aromatic rings. The highest BCUT2D eigenvalue weighted by Crippen LogP contribution is 2.33. The first-order valence-electron chi connectivity index (χ1n) is 6.97. The van der Waals surface area contributed by atoms with E-state index in [0.717, 1.165) is 30.0 Å². The van der Waals surface area contributed by atoms with E-state index in [4.69, 9.17) is 11.6 Å². The quantitative estimate of drug-likeness (QED) is 0.459. The van der Waals surface area contributed by atoms with Gasteiger partial charge >= 0.3 is 6.18 Å². The van der Waals surface area contributed by atoms with Gasteiger partial charge in [0.1, 0.15) is 5.39 Å². The first-order valence-corrected chi connectivity index (χ1v) is 8.33. The van der Waals surface area contributed by atoms with Crippen LogP contribution in [0.1, 0.15) is 5.56 Å². The van der Waals surface area contributed by atoms with Crippen molar-refractivity contribution >= 4 is 46.0 Å². The summed E-state index contributed by atoms with van der Waals surface area (Å²) in [7, 11) is 0. The molecule has 26 heavy (non-hydrogen) atoms. The lowest BCUT2D eigenvalue weighted by Gasteiger charge is -2.11. The van der Waals surface area contributed by atoms with Crippen molar-refractivity contribution in [1.29, 1.82) is 0 Å². The third kappa shape index (κ3) is 3.99. The van der Waals surface area contributed by atoms with Crippen molar-refractivity contribution < 1.29 is 18.0 Å². The molecule has 7 nitrogen and oxygen atoms in total. The minimum absolute atomic E-state index is 0.0261. The topological polar surface area (TPSA) is 104 Å². The number of hydrogen-bond acceptors (Lipinski definition) is 5. The molecule has 136 valence electrons. The Morgan fingerprint density at radius 3 is 2.85 bits per heavy atom. The summed E-state index contributed by atoms with van der Waals surface area (Å²) in [6.45, 7) is 0. The standard InChI is InChI=1S/C14H9ClF3N5O2S/c15-8-2-1-6(14(16,17)18)3-9(8)20-10(24)5-26-13-21-11-7(4-19-23-11)12(25)22-13/h1-4H,5H2,(H,20,24)(H2,19,21,22,23,25). The summed E-state index contributed by atoms with van der Waals surface area (Å²) >= 11 is 6.73. The fourth-order valence-corrected chi connectivity index (χ4v) is 2.84. The Kier molecular flexibility index (Phi) is 4.92. The maximum absolute atomic E-state index is 12.7. The Labute approximate surface area is 152 Å². The summed E-state index contributed by atoms with van der Waals surface area (Å²) in [5, 5.41) is 8.95. The molecule has 0 aliphatic heterocycles. The van der Waals surface area contributed by atoms with Crippen LogP contribution in [0.2, 0.25) is 5.02 Å². The number of benzene rings is 1. The fraction of sp³-hybridized carbons (Fsp3) is 0.143. The Morgan fingerprint density at radius 1 is 1.35 bits per heavy atom. The minimum Gasteiger partial charge on any atom is -0.324 e. The summed E-state index contributed by atoms with van der Waals surface area (Å²) in [5.41, 5.74) is -1.25. The van der Waals surface area contributed by atoms with Crippen LogP contribution in [0, 0.1) is 0 Å². The molecular formula is C14H9ClF3N5O2S. The van der Waals surface area contributed by atoms with Crippen LogP contribution in [0.25, 0.3) is 11.0 Å². The van der Waals surface area contributed by atoms with Crippen molar-refractivity contribution in [3.8, 4) is 0 Å². The van der Waals surface area contributed by atoms with Crippen LogP contribution in [0.3, 0.4) is 0 Å². The number of halogens is 4. The van der Waals surface area contributed by atoms with Crippen molar-refractivity contribution in [3.05, 3.63) is 45.3 Å². The Morgan fingerprint density at radius 2 is 2.12 bits per heavy atom. The minimum atomic E-state index is -4.55. The van der Waals surface area contributed by atoms with Gasteiger partial charge in [-0.2, -0.15) is 18.3 Å². The number of fused-ring (bicyclic) bond motifs is 1. The third-order valence-electron chi connectivity index (χ3n) is 3.21. The summed E-state index contributed by atoms with van der Waals surface area (Å²) in [6.07, 6.45) is -3.24. The van der Waals surface area contributed by atoms with Crippen LogP contribution in [-0.2, 0) is 11.0 Å². The van der Waals surface area contributed by atoms with Crippen molar-refractivity contribution in [2.75, 3.05) is 11.1 Å². The smallest absolute Gasteiger partial charge is 0.324 e. The lowest BCUT2D eigenvalue weighted by Crippen LogP contribution is -2.16. The normalized spacial score (nSPS) is 11.7. The van der Waals surface area contributed by atoms with Crippen molar-refractivity contribution in [1.82, 2.24) is 20.2 Å². The molecule has 0 saturated carbocycles. The van der Waals surface area contributed by atoms with Gasteiger partial charge in [0.25, 0.3) is 5.56 Å². The molecule has 2 heterocycles. The highest BCUT2D eigenvalue weighted by molar-refractivity contribution is 7.99. The molecule has 0 radical (unpaired) electrons. The number of amides is 1. The van der Waals surface area contributed by atoms with E-state index in [9.17, 15) is 22.8 Å². The predicted octanol–water partition coefficient (Wildman–Crippen LogP) is 3.05. The Hall–Kier alpha value is -2.53. The molecule has 3 N–H and O–H groups in total. The zero-order valence-electron chi connectivity index (χ0n) is 12.6. The number of carbonyl (C=O) groups is 1. The van der Waals surface area contributed by atoms with Crippen molar-refractivity contribution in [3.63, 3.8) is 0 Å². The number of hydrogen-bond donors (Lipinski definition) is 3. The van der Waals surface area contributed by atoms with Crippen LogP contribution in [0.4, 0.5) is 18.9 Å². The van der Waals surface area contributed by atoms with Gasteiger partial charge in [-0.1, -0.05) is 23.4 Å². The second-order valence-electron chi connectivity index (χ2n) is 5.03. The number of nitrogens with one attached hydrogen (secondary N) is 3. The van der Waals surface area contributed by atoms with Crippen LogP contribution in [0.5, 0.6) is 0 Å². The van der Waals surface area contributed by atoms with Gasteiger partial charge in [0.15, 0.2) is 10.8 Å². The number of nitrogens with zero attached hydrogens (tertiary/aromatic N) is 2. The zero-order valence-corrected chi connectivity index (χ0v) is 14.2. The molecule has 12 heteroatoms. The average molecular weight is 404 g/mol. The van der Waals surface area contributed by atoms with E-state index in [1.807, 2.05) is 0 Å². The molecule has 0 atom stereocenters. The van der Waals surface area contributed by atoms with E-state index in [1.54, 1.807) is 0 Å². The molecule has 1 aromatic carbocycles. The molecular weight excluding hydrogens is 395 g/mol. The van der Waals surface area contributed by atoms with Crippen LogP contribution in [0.15, 0.2) is 34.3 Å². The SMILES string of the molecule is O=C(CSc1nc2[nH]ncc2c(=O)[nH]1)Nc1cc(C(F)(F)F)ccc1Cl. The summed E-state index contributed by atoms with van der Waals surface area (Å²) in [4.78, 5) is 30.3. The van der Waals surface area contributed by atoms with E-state index in [1.165, 1.54) is 6.20 Å². The summed E-state index contributed by atoms with van der Waals surface area (Å²) in [6, 6.07) is 2.63. The van der Waals surface area contributed by atoms with Crippen molar-refractivity contribution in [2.45, 2.75) is 11.3 Å². The second-order valence-corrected chi connectivity index (χ2v) is 6.40. The maximum atomic E-state index is 12.7. The lowest BCUT2D eigenvalue weighted by atomic mass is 10.2. The second kappa shape index (κ2) is 7.00. The first-order chi connectivity index (χ1) is 12.2. The third-order valence-corrected chi connectivity index (χ3v) is 4.41. The Bertz CT molecular complexity index is 1030. The number of aromatic nitrogens is 4. The van der Waals surface area contributed by atoms with Crippen LogP contribution >= 0.6 is 23.4 Å². The number of carbonyl (C=O) groups excluding carboxylic acids is 1. The van der Waals surface area contributed by atoms with Gasteiger partial charge in [-0.3, -0.25) is 14.7 Å². The molecule has 1 amide bonds. The molecule has 0 fully saturated rings. The first kappa shape index (κ1) is 18.3. The number of alkyl halides is 3. The molecule has 2 aromatic heterocycles. The van der Waals surface area contributed by atoms with Crippen LogP contribution in [-0.4, -0.2) is 31.8 Å². The Balaban J connectivity index is 1.70. The van der Waals surface area contributed by atoms with E-state index in [2.05, 4.69) is 25.5 Å². The summed E-state index contributed by atoms with van der Waals surface area (Å²) < 4.78 is 38.2. The highest BCUT2D eigenvalue weighted by Gasteiger charge is 2.31. The van der Waals surface area contributed by atoms with Gasteiger partial charge in [-0.05, 0) is 18.2 Å². The molecule has 0 aliphatic rings. The van der Waals surface area contributed by atoms with Gasteiger partial charge in [-0.25, -0.2) is 4.98 Å². The van der Waals surface area contributed by atoms with Gasteiger partial charge in [0, 0.05) is 0 Å². The largest absolute Gasteiger partial charge is 0.416 e. The monoisotopic (exact) mass is 403 g/mol. The highest BCUT2D eigenvalue weighted by atomic mass is 35.5. The predicted molar refractivity (Wildman–Crippen MR) is 90.3 cm³/mol. The van der Waals surface area contributed by atoms with Gasteiger partial charge in [0.2, 0.25) is 5.91 Å². The van der Waals surface area contributed by atoms with E-state index < -0.39 is 23.2 Å². The average Bonchev–Trinajstić information content (AvgIpc) is 3.03. The number of rotatable bonds is 4. The maximum Gasteiger partial charge on any atom is 0.416 e. The summed E-state index contributed by atoms with van der Waals surface area (Å²) in [5.74, 6) is -0.807. The number of H-pyrrole nitrogens is 2.